The van der Waals surface area contributed by atoms with Crippen LogP contribution in [0.3, 0.4) is 0 Å². The van der Waals surface area contributed by atoms with E-state index >= 15 is 0 Å². The van der Waals surface area contributed by atoms with Crippen molar-refractivity contribution in [2.75, 3.05) is 6.61 Å². The van der Waals surface area contributed by atoms with Crippen molar-refractivity contribution in [1.29, 1.82) is 0 Å². The van der Waals surface area contributed by atoms with Crippen LogP contribution in [-0.2, 0) is 19.1 Å². The van der Waals surface area contributed by atoms with Crippen LogP contribution in [-0.4, -0.2) is 41.1 Å². The van der Waals surface area contributed by atoms with Crippen LogP contribution in [0, 0.1) is 29.6 Å². The monoisotopic (exact) mass is 459 g/mol. The fourth-order valence-electron chi connectivity index (χ4n) is 4.82. The molecule has 0 spiro atoms. The highest BCUT2D eigenvalue weighted by molar-refractivity contribution is 9.10. The van der Waals surface area contributed by atoms with E-state index in [1.54, 1.807) is 38.1 Å². The molecule has 2 amide bonds. The summed E-state index contributed by atoms with van der Waals surface area (Å²) in [5.74, 6) is -2.52. The molecule has 1 aliphatic heterocycles. The van der Waals surface area contributed by atoms with Crippen molar-refractivity contribution in [3.05, 3.63) is 46.5 Å². The number of nitrogens with zero attached hydrogens (tertiary/aromatic N) is 1. The fourth-order valence-corrected chi connectivity index (χ4v) is 5.08. The summed E-state index contributed by atoms with van der Waals surface area (Å²) < 4.78 is 6.09. The molecule has 7 heteroatoms. The Balaban J connectivity index is 1.47. The Bertz CT molecular complexity index is 876. The molecule has 1 heterocycles. The molecule has 29 heavy (non-hydrogen) atoms. The molecule has 0 N–H and O–H groups in total. The van der Waals surface area contributed by atoms with Gasteiger partial charge in [0.2, 0.25) is 11.8 Å². The molecule has 3 aliphatic rings. The van der Waals surface area contributed by atoms with Crippen LogP contribution in [0.2, 0.25) is 0 Å². The molecule has 6 nitrogen and oxygen atoms in total. The molecule has 1 saturated carbocycles. The van der Waals surface area contributed by atoms with Crippen molar-refractivity contribution in [2.24, 2.45) is 29.6 Å². The predicted molar refractivity (Wildman–Crippen MR) is 108 cm³/mol. The van der Waals surface area contributed by atoms with Gasteiger partial charge >= 0.3 is 5.97 Å². The number of esters is 1. The van der Waals surface area contributed by atoms with Crippen LogP contribution in [0.1, 0.15) is 30.6 Å². The van der Waals surface area contributed by atoms with Gasteiger partial charge in [-0.2, -0.15) is 0 Å². The van der Waals surface area contributed by atoms with Gasteiger partial charge in [0.1, 0.15) is 6.04 Å². The molecule has 2 fully saturated rings. The number of ether oxygens (including phenoxy) is 1. The molecule has 1 saturated heterocycles. The number of hydrogen-bond acceptors (Lipinski definition) is 5. The molecule has 152 valence electrons. The average Bonchev–Trinajstić information content (AvgIpc) is 3.36. The number of Topliss-reactive ketones (excluding diaryl/α,β-unsaturated/α-hetero) is 1. The highest BCUT2D eigenvalue weighted by Crippen LogP contribution is 2.53. The number of benzene rings is 1. The van der Waals surface area contributed by atoms with E-state index in [-0.39, 0.29) is 47.2 Å². The lowest BCUT2D eigenvalue weighted by atomic mass is 9.85. The van der Waals surface area contributed by atoms with Gasteiger partial charge in [-0.1, -0.05) is 54.1 Å². The topological polar surface area (TPSA) is 80.8 Å². The maximum atomic E-state index is 13.0. The third-order valence-corrected chi connectivity index (χ3v) is 6.70. The number of ketones is 1. The number of amides is 2. The van der Waals surface area contributed by atoms with E-state index in [1.807, 2.05) is 12.2 Å². The van der Waals surface area contributed by atoms with E-state index in [2.05, 4.69) is 15.9 Å². The Morgan fingerprint density at radius 3 is 2.14 bits per heavy atom. The minimum absolute atomic E-state index is 0.0780. The molecule has 1 unspecified atom stereocenters. The average molecular weight is 460 g/mol. The summed E-state index contributed by atoms with van der Waals surface area (Å²) in [6.45, 7) is 3.10. The second-order valence-electron chi connectivity index (χ2n) is 8.27. The minimum Gasteiger partial charge on any atom is -0.456 e. The number of likely N-dealkylation sites (tertiary alicyclic amines) is 1. The predicted octanol–water partition coefficient (Wildman–Crippen LogP) is 3.01. The zero-order valence-corrected chi connectivity index (χ0v) is 17.8. The fraction of sp³-hybridized carbons (Fsp3) is 0.455. The van der Waals surface area contributed by atoms with Gasteiger partial charge in [-0.05, 0) is 36.3 Å². The quantitative estimate of drug-likeness (QED) is 0.282. The van der Waals surface area contributed by atoms with E-state index in [4.69, 9.17) is 4.74 Å². The smallest absolute Gasteiger partial charge is 0.330 e. The summed E-state index contributed by atoms with van der Waals surface area (Å²) in [6, 6.07) is 5.72. The van der Waals surface area contributed by atoms with Gasteiger partial charge in [0.15, 0.2) is 12.4 Å². The maximum absolute atomic E-state index is 13.0. The number of halogens is 1. The largest absolute Gasteiger partial charge is 0.456 e. The van der Waals surface area contributed by atoms with Crippen LogP contribution >= 0.6 is 15.9 Å². The van der Waals surface area contributed by atoms with Gasteiger partial charge < -0.3 is 4.74 Å². The van der Waals surface area contributed by atoms with Crippen molar-refractivity contribution >= 4 is 39.5 Å². The van der Waals surface area contributed by atoms with Crippen LogP contribution in [0.5, 0.6) is 0 Å². The second kappa shape index (κ2) is 7.52. The normalized spacial score (nSPS) is 28.2. The lowest BCUT2D eigenvalue weighted by Crippen LogP contribution is -2.50. The Labute approximate surface area is 177 Å². The van der Waals surface area contributed by atoms with Crippen molar-refractivity contribution in [1.82, 2.24) is 4.90 Å². The molecule has 4 rings (SSSR count). The molecular weight excluding hydrogens is 438 g/mol. The summed E-state index contributed by atoms with van der Waals surface area (Å²) in [7, 11) is 0. The maximum Gasteiger partial charge on any atom is 0.330 e. The first-order chi connectivity index (χ1) is 13.8. The van der Waals surface area contributed by atoms with Gasteiger partial charge in [0.05, 0.1) is 11.8 Å². The third kappa shape index (κ3) is 3.35. The highest BCUT2D eigenvalue weighted by Gasteiger charge is 2.61. The first-order valence-corrected chi connectivity index (χ1v) is 10.6. The van der Waals surface area contributed by atoms with E-state index in [0.717, 1.165) is 15.8 Å². The molecule has 2 aliphatic carbocycles. The molecule has 5 atom stereocenters. The van der Waals surface area contributed by atoms with Gasteiger partial charge in [0.25, 0.3) is 0 Å². The zero-order valence-electron chi connectivity index (χ0n) is 16.2. The SMILES string of the molecule is CC(C)C(C(=O)OCC(=O)c1ccc(Br)cc1)N1C(=O)[C@@H]2[C@H](C1=O)[C@@H]1C=C[C@H]2C1. The Morgan fingerprint density at radius 1 is 1.07 bits per heavy atom. The number of hydrogen-bond donors (Lipinski definition) is 0. The number of carbonyl (C=O) groups is 4. The number of rotatable bonds is 6. The Morgan fingerprint density at radius 2 is 1.62 bits per heavy atom. The summed E-state index contributed by atoms with van der Waals surface area (Å²) in [6.07, 6.45) is 4.86. The van der Waals surface area contributed by atoms with Crippen molar-refractivity contribution < 1.29 is 23.9 Å². The minimum atomic E-state index is -1.02. The Hall–Kier alpha value is -2.28. The van der Waals surface area contributed by atoms with Crippen molar-refractivity contribution in [2.45, 2.75) is 26.3 Å². The molecular formula is C22H22BrNO5. The zero-order chi connectivity index (χ0) is 20.9. The number of allylic oxidation sites excluding steroid dienone is 2. The van der Waals surface area contributed by atoms with Gasteiger partial charge in [-0.25, -0.2) is 4.79 Å². The molecule has 2 bridgehead atoms. The van der Waals surface area contributed by atoms with Crippen LogP contribution in [0.15, 0.2) is 40.9 Å². The van der Waals surface area contributed by atoms with Gasteiger partial charge in [-0.15, -0.1) is 0 Å². The third-order valence-electron chi connectivity index (χ3n) is 6.17. The van der Waals surface area contributed by atoms with E-state index in [1.165, 1.54) is 0 Å². The first-order valence-electron chi connectivity index (χ1n) is 9.80. The second-order valence-corrected chi connectivity index (χ2v) is 9.19. The summed E-state index contributed by atoms with van der Waals surface area (Å²) in [4.78, 5) is 52.3. The van der Waals surface area contributed by atoms with E-state index < -0.39 is 18.6 Å². The lowest BCUT2D eigenvalue weighted by Gasteiger charge is -2.28. The van der Waals surface area contributed by atoms with Gasteiger partial charge in [0, 0.05) is 10.0 Å². The lowest BCUT2D eigenvalue weighted by molar-refractivity contribution is -0.160. The van der Waals surface area contributed by atoms with Crippen LogP contribution in [0.4, 0.5) is 0 Å². The standard InChI is InChI=1S/C22H22BrNO5/c1-11(2)19(22(28)29-10-16(25)12-5-7-15(23)8-6-12)24-20(26)17-13-3-4-14(9-13)18(17)21(24)27/h3-8,11,13-14,17-19H,9-10H2,1-2H3/t13-,14+,17-,18+,19?. The number of carbonyl (C=O) groups excluding carboxylic acids is 4. The Kier molecular flexibility index (Phi) is 5.19. The molecule has 1 aromatic carbocycles. The summed E-state index contributed by atoms with van der Waals surface area (Å²) in [5, 5.41) is 0. The van der Waals surface area contributed by atoms with Crippen LogP contribution in [0.25, 0.3) is 0 Å². The number of imide groups is 1. The van der Waals surface area contributed by atoms with Crippen molar-refractivity contribution in [3.8, 4) is 0 Å². The number of fused-ring (bicyclic) bond motifs is 5. The van der Waals surface area contributed by atoms with E-state index in [0.29, 0.717) is 5.56 Å². The van der Waals surface area contributed by atoms with Crippen molar-refractivity contribution in [3.63, 3.8) is 0 Å². The molecule has 1 aromatic rings. The molecule has 0 radical (unpaired) electrons. The van der Waals surface area contributed by atoms with Crippen LogP contribution < -0.4 is 0 Å². The summed E-state index contributed by atoms with van der Waals surface area (Å²) >= 11 is 3.30. The van der Waals surface area contributed by atoms with E-state index in [9.17, 15) is 19.2 Å². The highest BCUT2D eigenvalue weighted by atomic mass is 79.9. The summed E-state index contributed by atoms with van der Waals surface area (Å²) in [5.41, 5.74) is 0.424. The molecule has 0 aromatic heterocycles. The first kappa shape index (κ1) is 20.0. The van der Waals surface area contributed by atoms with Gasteiger partial charge in [-0.3, -0.25) is 19.3 Å².